The van der Waals surface area contributed by atoms with E-state index in [1.54, 1.807) is 0 Å². The van der Waals surface area contributed by atoms with Crippen molar-refractivity contribution in [3.63, 3.8) is 0 Å². The third-order valence-electron chi connectivity index (χ3n) is 5.49. The molecule has 34 heavy (non-hydrogen) atoms. The Kier molecular flexibility index (Phi) is 7.98. The van der Waals surface area contributed by atoms with E-state index in [0.29, 0.717) is 13.1 Å². The van der Waals surface area contributed by atoms with E-state index >= 15 is 0 Å². The van der Waals surface area contributed by atoms with Gasteiger partial charge in [0.2, 0.25) is 11.0 Å². The third kappa shape index (κ3) is 6.24. The van der Waals surface area contributed by atoms with Gasteiger partial charge in [-0.2, -0.15) is 0 Å². The average Bonchev–Trinajstić information content (AvgIpc) is 3.29. The van der Waals surface area contributed by atoms with Crippen molar-refractivity contribution >= 4 is 39.8 Å². The van der Waals surface area contributed by atoms with Gasteiger partial charge in [0.25, 0.3) is 0 Å². The van der Waals surface area contributed by atoms with E-state index in [2.05, 4.69) is 65.8 Å². The zero-order valence-electron chi connectivity index (χ0n) is 19.6. The van der Waals surface area contributed by atoms with Crippen LogP contribution in [0.5, 0.6) is 0 Å². The van der Waals surface area contributed by atoms with E-state index in [9.17, 15) is 4.79 Å². The minimum absolute atomic E-state index is 0.0807. The number of thioether (sulfide) groups is 1. The van der Waals surface area contributed by atoms with E-state index < -0.39 is 0 Å². The van der Waals surface area contributed by atoms with Crippen LogP contribution in [0.15, 0.2) is 83.2 Å². The molecular formula is C27H28N4OS2. The van der Waals surface area contributed by atoms with Crippen LogP contribution in [0, 0.1) is 13.8 Å². The molecule has 0 radical (unpaired) electrons. The fraction of sp³-hybridized carbons (Fsp3) is 0.222. The van der Waals surface area contributed by atoms with Crippen molar-refractivity contribution in [3.05, 3.63) is 101 Å². The number of aromatic nitrogens is 2. The first kappa shape index (κ1) is 24.0. The minimum atomic E-state index is -0.284. The van der Waals surface area contributed by atoms with Crippen molar-refractivity contribution in [3.8, 4) is 0 Å². The lowest BCUT2D eigenvalue weighted by Crippen LogP contribution is -2.35. The molecule has 5 nitrogen and oxygen atoms in total. The van der Waals surface area contributed by atoms with Crippen molar-refractivity contribution < 1.29 is 4.79 Å². The molecule has 1 unspecified atom stereocenters. The van der Waals surface area contributed by atoms with E-state index in [1.165, 1.54) is 23.1 Å². The summed E-state index contributed by atoms with van der Waals surface area (Å²) in [4.78, 5) is 15.4. The van der Waals surface area contributed by atoms with Crippen molar-refractivity contribution in [1.82, 2.24) is 15.1 Å². The summed E-state index contributed by atoms with van der Waals surface area (Å²) in [5, 5.41) is 12.4. The molecule has 1 heterocycles. The van der Waals surface area contributed by atoms with E-state index in [-0.39, 0.29) is 11.2 Å². The molecule has 3 aromatic carbocycles. The highest BCUT2D eigenvalue weighted by Crippen LogP contribution is 2.33. The number of hydrogen-bond donors (Lipinski definition) is 1. The second kappa shape index (κ2) is 11.3. The molecule has 0 saturated heterocycles. The van der Waals surface area contributed by atoms with E-state index in [4.69, 9.17) is 0 Å². The lowest BCUT2D eigenvalue weighted by molar-refractivity contribution is -0.131. The maximum absolute atomic E-state index is 13.5. The van der Waals surface area contributed by atoms with Gasteiger partial charge in [-0.05, 0) is 43.0 Å². The maximum atomic E-state index is 13.5. The van der Waals surface area contributed by atoms with Gasteiger partial charge in [-0.1, -0.05) is 102 Å². The highest BCUT2D eigenvalue weighted by atomic mass is 32.2. The number of anilines is 2. The van der Waals surface area contributed by atoms with E-state index in [1.807, 2.05) is 54.3 Å². The molecule has 4 rings (SSSR count). The van der Waals surface area contributed by atoms with Crippen molar-refractivity contribution in [2.24, 2.45) is 0 Å². The summed E-state index contributed by atoms with van der Waals surface area (Å²) in [7, 11) is 0. The first-order chi connectivity index (χ1) is 16.5. The number of hydrogen-bond acceptors (Lipinski definition) is 6. The van der Waals surface area contributed by atoms with Crippen LogP contribution in [0.4, 0.5) is 10.8 Å². The van der Waals surface area contributed by atoms with Crippen LogP contribution in [0.1, 0.15) is 29.2 Å². The van der Waals surface area contributed by atoms with Gasteiger partial charge in [-0.15, -0.1) is 10.2 Å². The summed E-state index contributed by atoms with van der Waals surface area (Å²) in [5.74, 6) is 0.0807. The Morgan fingerprint density at radius 3 is 2.00 bits per heavy atom. The predicted molar refractivity (Wildman–Crippen MR) is 142 cm³/mol. The van der Waals surface area contributed by atoms with Gasteiger partial charge in [-0.25, -0.2) is 0 Å². The molecule has 0 bridgehead atoms. The quantitative estimate of drug-likeness (QED) is 0.269. The fourth-order valence-electron chi connectivity index (χ4n) is 3.70. The molecule has 1 N–H and O–H groups in total. The second-order valence-corrected chi connectivity index (χ2v) is 10.8. The summed E-state index contributed by atoms with van der Waals surface area (Å²) >= 11 is 2.92. The standard InChI is InChI=1S/C27H28N4OS2/c1-19-11-10-12-20(2)24(19)28-26-29-30-27(34-26)33-21(3)25(32)31(17-22-13-6-4-7-14-22)18-23-15-8-5-9-16-23/h4-16,21H,17-18H2,1-3H3,(H,28,29). The molecule has 1 amide bonds. The van der Waals surface area contributed by atoms with Crippen LogP contribution < -0.4 is 5.32 Å². The molecule has 0 saturated carbocycles. The van der Waals surface area contributed by atoms with Crippen LogP contribution in [-0.2, 0) is 17.9 Å². The largest absolute Gasteiger partial charge is 0.333 e. The molecule has 0 spiro atoms. The van der Waals surface area contributed by atoms with Crippen molar-refractivity contribution in [2.75, 3.05) is 5.32 Å². The zero-order chi connectivity index (χ0) is 23.9. The van der Waals surface area contributed by atoms with Gasteiger partial charge in [0, 0.05) is 18.8 Å². The van der Waals surface area contributed by atoms with Crippen molar-refractivity contribution in [2.45, 2.75) is 43.5 Å². The Morgan fingerprint density at radius 2 is 1.44 bits per heavy atom. The monoisotopic (exact) mass is 488 g/mol. The van der Waals surface area contributed by atoms with Crippen LogP contribution >= 0.6 is 23.1 Å². The molecule has 0 aliphatic rings. The molecule has 1 aromatic heterocycles. The van der Waals surface area contributed by atoms with Crippen LogP contribution in [0.3, 0.4) is 0 Å². The van der Waals surface area contributed by atoms with Crippen LogP contribution in [0.25, 0.3) is 0 Å². The summed E-state index contributed by atoms with van der Waals surface area (Å²) < 4.78 is 0.772. The highest BCUT2D eigenvalue weighted by molar-refractivity contribution is 8.02. The van der Waals surface area contributed by atoms with Crippen LogP contribution in [-0.4, -0.2) is 26.3 Å². The van der Waals surface area contributed by atoms with Gasteiger partial charge in [-0.3, -0.25) is 4.79 Å². The zero-order valence-corrected chi connectivity index (χ0v) is 21.2. The van der Waals surface area contributed by atoms with Crippen molar-refractivity contribution in [1.29, 1.82) is 0 Å². The Labute approximate surface area is 209 Å². The number of benzene rings is 3. The number of rotatable bonds is 9. The Bertz CT molecular complexity index is 1170. The number of nitrogens with zero attached hydrogens (tertiary/aromatic N) is 3. The average molecular weight is 489 g/mol. The molecule has 4 aromatic rings. The molecular weight excluding hydrogens is 460 g/mol. The van der Waals surface area contributed by atoms with Gasteiger partial charge in [0.1, 0.15) is 0 Å². The highest BCUT2D eigenvalue weighted by Gasteiger charge is 2.24. The SMILES string of the molecule is Cc1cccc(C)c1Nc1nnc(SC(C)C(=O)N(Cc2ccccc2)Cc2ccccc2)s1. The lowest BCUT2D eigenvalue weighted by atomic mass is 10.1. The molecule has 0 aliphatic carbocycles. The van der Waals surface area contributed by atoms with Gasteiger partial charge in [0.05, 0.1) is 5.25 Å². The lowest BCUT2D eigenvalue weighted by Gasteiger charge is -2.25. The van der Waals surface area contributed by atoms with E-state index in [0.717, 1.165) is 37.4 Å². The van der Waals surface area contributed by atoms with Gasteiger partial charge < -0.3 is 10.2 Å². The number of nitrogens with one attached hydrogen (secondary N) is 1. The fourth-order valence-corrected chi connectivity index (χ4v) is 5.69. The molecule has 0 aliphatic heterocycles. The number of carbonyl (C=O) groups excluding carboxylic acids is 1. The normalized spacial score (nSPS) is 11.7. The Balaban J connectivity index is 1.45. The topological polar surface area (TPSA) is 58.1 Å². The number of aryl methyl sites for hydroxylation is 2. The van der Waals surface area contributed by atoms with Gasteiger partial charge >= 0.3 is 0 Å². The number of para-hydroxylation sites is 1. The summed E-state index contributed by atoms with van der Waals surface area (Å²) in [6.45, 7) is 7.21. The molecule has 0 fully saturated rings. The molecule has 7 heteroatoms. The van der Waals surface area contributed by atoms with Crippen LogP contribution in [0.2, 0.25) is 0 Å². The summed E-state index contributed by atoms with van der Waals surface area (Å²) in [6.07, 6.45) is 0. The predicted octanol–water partition coefficient (Wildman–Crippen LogP) is 6.61. The maximum Gasteiger partial charge on any atom is 0.236 e. The minimum Gasteiger partial charge on any atom is -0.333 e. The number of amides is 1. The Morgan fingerprint density at radius 1 is 0.882 bits per heavy atom. The summed E-state index contributed by atoms with van der Waals surface area (Å²) in [5.41, 5.74) is 5.59. The second-order valence-electron chi connectivity index (χ2n) is 8.19. The van der Waals surface area contributed by atoms with Gasteiger partial charge in [0.15, 0.2) is 4.34 Å². The molecule has 1 atom stereocenters. The third-order valence-corrected chi connectivity index (χ3v) is 7.50. The Hall–Kier alpha value is -3.16. The smallest absolute Gasteiger partial charge is 0.236 e. The molecule has 174 valence electrons. The first-order valence-corrected chi connectivity index (χ1v) is 12.9. The summed E-state index contributed by atoms with van der Waals surface area (Å²) in [6, 6.07) is 26.4. The number of carbonyl (C=O) groups is 1. The first-order valence-electron chi connectivity index (χ1n) is 11.2.